The van der Waals surface area contributed by atoms with Gasteiger partial charge in [-0.15, -0.1) is 0 Å². The molecular weight excluding hydrogens is 542 g/mol. The third-order valence-electron chi connectivity index (χ3n) is 5.51. The molecule has 0 bridgehead atoms. The lowest BCUT2D eigenvalue weighted by molar-refractivity contribution is -0.144. The Morgan fingerprint density at radius 3 is 2.44 bits per heavy atom. The molecule has 14 heteroatoms. The highest BCUT2D eigenvalue weighted by Crippen LogP contribution is 2.32. The number of alkyl halides is 3. The first-order chi connectivity index (χ1) is 18.1. The zero-order valence-corrected chi connectivity index (χ0v) is 22.3. The molecule has 2 heterocycles. The number of aromatic nitrogens is 2. The summed E-state index contributed by atoms with van der Waals surface area (Å²) in [6.45, 7) is 4.95. The van der Waals surface area contributed by atoms with Crippen molar-refractivity contribution in [3.8, 4) is 17.0 Å². The first-order valence-electron chi connectivity index (χ1n) is 11.6. The molecule has 0 saturated heterocycles. The molecule has 0 aliphatic carbocycles. The summed E-state index contributed by atoms with van der Waals surface area (Å²) in [4.78, 5) is 21.6. The summed E-state index contributed by atoms with van der Waals surface area (Å²) in [6, 6.07) is 7.71. The van der Waals surface area contributed by atoms with Gasteiger partial charge in [0.1, 0.15) is 29.2 Å². The van der Waals surface area contributed by atoms with E-state index in [-0.39, 0.29) is 30.2 Å². The van der Waals surface area contributed by atoms with Crippen molar-refractivity contribution in [3.63, 3.8) is 0 Å². The molecule has 0 unspecified atom stereocenters. The third-order valence-corrected chi connectivity index (χ3v) is 6.74. The van der Waals surface area contributed by atoms with Crippen molar-refractivity contribution < 1.29 is 36.9 Å². The zero-order chi connectivity index (χ0) is 29.1. The van der Waals surface area contributed by atoms with Crippen LogP contribution in [0.1, 0.15) is 32.6 Å². The maximum Gasteiger partial charge on any atom is 0.408 e. The normalized spacial score (nSPS) is 12.7. The molecule has 9 nitrogen and oxygen atoms in total. The lowest BCUT2D eigenvalue weighted by atomic mass is 10.1. The Hall–Kier alpha value is -3.94. The van der Waals surface area contributed by atoms with Crippen molar-refractivity contribution in [1.82, 2.24) is 14.7 Å². The number of hydrogen-bond donors (Lipinski definition) is 2. The standard InChI is InChI=1S/C25H27F4N5O4S.H2/c1-14(2)13-38-18-11-16(10-17(26)12-18)20-9-8-19(23(31-20)34(4)15(3)25(27,28)29)24(35)33-39(36,37)22-7-5-6-21(30)32-22;/h5-12,14-15H,13H2,1-4H3,(H2,30,32)(H,33,35);1H/t15-;/m0./s1. The maximum atomic E-state index is 14.4. The van der Waals surface area contributed by atoms with E-state index < -0.39 is 50.4 Å². The minimum atomic E-state index is -4.71. The highest BCUT2D eigenvalue weighted by atomic mass is 32.2. The van der Waals surface area contributed by atoms with E-state index >= 15 is 0 Å². The second-order valence-electron chi connectivity index (χ2n) is 9.11. The number of nitrogens with two attached hydrogens (primary N) is 1. The largest absolute Gasteiger partial charge is 0.493 e. The van der Waals surface area contributed by atoms with Crippen molar-refractivity contribution >= 4 is 27.6 Å². The Balaban J connectivity index is 0.00000560. The van der Waals surface area contributed by atoms with Crippen LogP contribution in [0.2, 0.25) is 0 Å². The minimum absolute atomic E-state index is 0. The van der Waals surface area contributed by atoms with Gasteiger partial charge in [0.15, 0.2) is 5.03 Å². The van der Waals surface area contributed by atoms with Crippen LogP contribution in [0.5, 0.6) is 5.75 Å². The maximum absolute atomic E-state index is 14.4. The molecule has 0 aliphatic heterocycles. The number of rotatable bonds is 9. The number of benzene rings is 1. The summed E-state index contributed by atoms with van der Waals surface area (Å²) >= 11 is 0. The SMILES string of the molecule is CC(C)COc1cc(F)cc(-c2ccc(C(=O)NS(=O)(=O)c3cccc(N)n3)c(N(C)[C@@H](C)C(F)(F)F)n2)c1.[HH]. The second-order valence-corrected chi connectivity index (χ2v) is 10.7. The van der Waals surface area contributed by atoms with E-state index in [0.29, 0.717) is 11.5 Å². The van der Waals surface area contributed by atoms with Crippen LogP contribution in [0, 0.1) is 11.7 Å². The molecule has 1 aromatic carbocycles. The van der Waals surface area contributed by atoms with Crippen molar-refractivity contribution in [3.05, 3.63) is 59.9 Å². The Morgan fingerprint density at radius 2 is 1.82 bits per heavy atom. The summed E-state index contributed by atoms with van der Waals surface area (Å²) < 4.78 is 87.8. The van der Waals surface area contributed by atoms with E-state index in [1.165, 1.54) is 24.3 Å². The third kappa shape index (κ3) is 7.34. The van der Waals surface area contributed by atoms with E-state index in [1.54, 1.807) is 4.72 Å². The van der Waals surface area contributed by atoms with Gasteiger partial charge in [0.2, 0.25) is 0 Å². The highest BCUT2D eigenvalue weighted by Gasteiger charge is 2.40. The van der Waals surface area contributed by atoms with Crippen LogP contribution >= 0.6 is 0 Å². The number of sulfonamides is 1. The molecule has 1 atom stereocenters. The Labute approximate surface area is 224 Å². The van der Waals surface area contributed by atoms with Gasteiger partial charge in [-0.1, -0.05) is 19.9 Å². The Kier molecular flexibility index (Phi) is 8.68. The van der Waals surface area contributed by atoms with Gasteiger partial charge in [-0.05, 0) is 49.2 Å². The number of halogens is 4. The summed E-state index contributed by atoms with van der Waals surface area (Å²) in [5.41, 5.74) is 5.24. The summed E-state index contributed by atoms with van der Waals surface area (Å²) in [5, 5.41) is -0.562. The van der Waals surface area contributed by atoms with Crippen LogP contribution in [0.25, 0.3) is 11.3 Å². The molecule has 0 spiro atoms. The number of nitrogens with one attached hydrogen (secondary N) is 1. The fraction of sp³-hybridized carbons (Fsp3) is 0.320. The quantitative estimate of drug-likeness (QED) is 0.356. The molecule has 39 heavy (non-hydrogen) atoms. The van der Waals surface area contributed by atoms with Crippen LogP contribution in [-0.4, -0.2) is 50.2 Å². The molecule has 0 radical (unpaired) electrons. The molecule has 3 rings (SSSR count). The average molecular weight is 572 g/mol. The number of hydrogen-bond acceptors (Lipinski definition) is 8. The van der Waals surface area contributed by atoms with Crippen LogP contribution in [0.3, 0.4) is 0 Å². The van der Waals surface area contributed by atoms with Gasteiger partial charge in [0.05, 0.1) is 17.9 Å². The van der Waals surface area contributed by atoms with E-state index in [0.717, 1.165) is 38.2 Å². The predicted molar refractivity (Wildman–Crippen MR) is 139 cm³/mol. The van der Waals surface area contributed by atoms with Crippen LogP contribution in [-0.2, 0) is 10.0 Å². The molecule has 0 fully saturated rings. The van der Waals surface area contributed by atoms with Gasteiger partial charge in [0, 0.05) is 20.1 Å². The molecule has 0 saturated carbocycles. The number of anilines is 2. The molecule has 3 N–H and O–H groups in total. The molecule has 2 aromatic heterocycles. The van der Waals surface area contributed by atoms with Crippen LogP contribution in [0.4, 0.5) is 29.2 Å². The van der Waals surface area contributed by atoms with Gasteiger partial charge < -0.3 is 15.4 Å². The van der Waals surface area contributed by atoms with Crippen molar-refractivity contribution in [2.24, 2.45) is 5.92 Å². The molecule has 1 amide bonds. The van der Waals surface area contributed by atoms with Crippen molar-refractivity contribution in [1.29, 1.82) is 0 Å². The van der Waals surface area contributed by atoms with Gasteiger partial charge in [-0.3, -0.25) is 4.79 Å². The van der Waals surface area contributed by atoms with Crippen molar-refractivity contribution in [2.45, 2.75) is 38.0 Å². The monoisotopic (exact) mass is 571 g/mol. The van der Waals surface area contributed by atoms with Gasteiger partial charge in [-0.25, -0.2) is 19.1 Å². The van der Waals surface area contributed by atoms with E-state index in [9.17, 15) is 30.8 Å². The lowest BCUT2D eigenvalue weighted by Crippen LogP contribution is -2.43. The number of amides is 1. The number of carbonyl (C=O) groups excluding carboxylic acids is 1. The smallest absolute Gasteiger partial charge is 0.408 e. The van der Waals surface area contributed by atoms with Crippen LogP contribution in [0.15, 0.2) is 53.6 Å². The van der Waals surface area contributed by atoms with Crippen LogP contribution < -0.4 is 20.1 Å². The minimum Gasteiger partial charge on any atom is -0.493 e. The predicted octanol–water partition coefficient (Wildman–Crippen LogP) is 4.65. The number of carbonyl (C=O) groups is 1. The number of pyridine rings is 2. The fourth-order valence-electron chi connectivity index (χ4n) is 3.32. The average Bonchev–Trinajstić information content (AvgIpc) is 2.85. The lowest BCUT2D eigenvalue weighted by Gasteiger charge is -2.29. The van der Waals surface area contributed by atoms with Crippen molar-refractivity contribution in [2.75, 3.05) is 24.3 Å². The van der Waals surface area contributed by atoms with E-state index in [4.69, 9.17) is 10.5 Å². The molecule has 3 aromatic rings. The zero-order valence-electron chi connectivity index (χ0n) is 21.5. The fourth-order valence-corrected chi connectivity index (χ4v) is 4.27. The van der Waals surface area contributed by atoms with E-state index in [1.807, 2.05) is 13.8 Å². The molecule has 212 valence electrons. The van der Waals surface area contributed by atoms with Gasteiger partial charge in [0.25, 0.3) is 15.9 Å². The highest BCUT2D eigenvalue weighted by molar-refractivity contribution is 7.90. The number of nitrogen functional groups attached to an aromatic ring is 1. The number of nitrogens with zero attached hydrogens (tertiary/aromatic N) is 3. The van der Waals surface area contributed by atoms with Gasteiger partial charge in [-0.2, -0.15) is 21.6 Å². The van der Waals surface area contributed by atoms with E-state index in [2.05, 4.69) is 9.97 Å². The second kappa shape index (κ2) is 11.4. The Morgan fingerprint density at radius 1 is 1.13 bits per heavy atom. The first-order valence-corrected chi connectivity index (χ1v) is 13.1. The molecule has 0 aliphatic rings. The first kappa shape index (κ1) is 29.6. The summed E-state index contributed by atoms with van der Waals surface area (Å²) in [7, 11) is -3.48. The Bertz CT molecular complexity index is 1470. The number of ether oxygens (including phenoxy) is 1. The van der Waals surface area contributed by atoms with Gasteiger partial charge >= 0.3 is 6.18 Å². The summed E-state index contributed by atoms with van der Waals surface area (Å²) in [6.07, 6.45) is -4.71. The topological polar surface area (TPSA) is 128 Å². The summed E-state index contributed by atoms with van der Waals surface area (Å²) in [5.74, 6) is -2.21. The molecular formula is C25H29F4N5O4S.